The summed E-state index contributed by atoms with van der Waals surface area (Å²) >= 11 is 0. The molecule has 1 aliphatic heterocycles. The van der Waals surface area contributed by atoms with Crippen LogP contribution in [0.2, 0.25) is 0 Å². The molecule has 3 N–H and O–H groups in total. The molecule has 0 radical (unpaired) electrons. The topological polar surface area (TPSA) is 102 Å². The predicted molar refractivity (Wildman–Crippen MR) is 157 cm³/mol. The van der Waals surface area contributed by atoms with Crippen LogP contribution in [0, 0.1) is 0 Å². The Morgan fingerprint density at radius 2 is 1.90 bits per heavy atom. The van der Waals surface area contributed by atoms with E-state index in [1.807, 2.05) is 17.0 Å². The number of anilines is 1. The van der Waals surface area contributed by atoms with Gasteiger partial charge in [-0.15, -0.1) is 0 Å². The molecule has 1 saturated heterocycles. The van der Waals surface area contributed by atoms with Gasteiger partial charge in [0.1, 0.15) is 11.3 Å². The molecule has 8 nitrogen and oxygen atoms in total. The molecule has 0 unspecified atom stereocenters. The van der Waals surface area contributed by atoms with Crippen molar-refractivity contribution in [2.45, 2.75) is 62.9 Å². The molecule has 8 heteroatoms. The van der Waals surface area contributed by atoms with Gasteiger partial charge < -0.3 is 16.0 Å². The number of likely N-dealkylation sites (tertiary alicyclic amines) is 1. The Labute approximate surface area is 234 Å². The summed E-state index contributed by atoms with van der Waals surface area (Å²) in [6.07, 6.45) is 10.8. The zero-order valence-corrected chi connectivity index (χ0v) is 22.7. The number of carbonyl (C=O) groups is 1. The van der Waals surface area contributed by atoms with Crippen LogP contribution in [0.4, 0.5) is 5.82 Å². The Morgan fingerprint density at radius 1 is 1.05 bits per heavy atom. The Kier molecular flexibility index (Phi) is 6.35. The third-order valence-corrected chi connectivity index (χ3v) is 9.01. The largest absolute Gasteiger partial charge is 0.383 e. The molecular formula is C32H35N7O. The number of carbonyl (C=O) groups excluding carboxylic acids is 1. The molecule has 1 aromatic carbocycles. The Hall–Kier alpha value is -4.04. The Bertz CT molecular complexity index is 1600. The highest BCUT2D eigenvalue weighted by Crippen LogP contribution is 2.39. The molecule has 1 amide bonds. The summed E-state index contributed by atoms with van der Waals surface area (Å²) in [6.45, 7) is 5.19. The quantitative estimate of drug-likeness (QED) is 0.335. The summed E-state index contributed by atoms with van der Waals surface area (Å²) in [5.41, 5.74) is 13.8. The van der Waals surface area contributed by atoms with E-state index < -0.39 is 0 Å². The number of piperidine rings is 1. The summed E-state index contributed by atoms with van der Waals surface area (Å²) in [7, 11) is 0. The molecule has 4 aromatic rings. The Morgan fingerprint density at radius 3 is 2.65 bits per heavy atom. The van der Waals surface area contributed by atoms with Crippen LogP contribution in [0.15, 0.2) is 61.3 Å². The van der Waals surface area contributed by atoms with Crippen LogP contribution >= 0.6 is 0 Å². The van der Waals surface area contributed by atoms with Crippen molar-refractivity contribution in [1.29, 1.82) is 0 Å². The van der Waals surface area contributed by atoms with Crippen LogP contribution in [0.5, 0.6) is 0 Å². The maximum absolute atomic E-state index is 12.0. The number of hydrogen-bond acceptors (Lipinski definition) is 6. The highest BCUT2D eigenvalue weighted by molar-refractivity contribution is 5.87. The van der Waals surface area contributed by atoms with E-state index in [1.54, 1.807) is 6.20 Å². The number of nitrogens with one attached hydrogen (secondary N) is 1. The second-order valence-corrected chi connectivity index (χ2v) is 11.4. The van der Waals surface area contributed by atoms with Gasteiger partial charge in [0, 0.05) is 48.7 Å². The lowest BCUT2D eigenvalue weighted by Crippen LogP contribution is -2.45. The van der Waals surface area contributed by atoms with Gasteiger partial charge >= 0.3 is 0 Å². The number of aromatic nitrogens is 4. The first kappa shape index (κ1) is 25.0. The van der Waals surface area contributed by atoms with Crippen molar-refractivity contribution in [3.05, 3.63) is 78.1 Å². The average Bonchev–Trinajstić information content (AvgIpc) is 3.53. The van der Waals surface area contributed by atoms with Gasteiger partial charge in [-0.2, -0.15) is 0 Å². The molecule has 40 heavy (non-hydrogen) atoms. The van der Waals surface area contributed by atoms with Crippen molar-refractivity contribution < 1.29 is 4.79 Å². The summed E-state index contributed by atoms with van der Waals surface area (Å²) < 4.78 is 2.16. The summed E-state index contributed by atoms with van der Waals surface area (Å²) in [6, 6.07) is 15.6. The fraction of sp³-hybridized carbons (Fsp3) is 0.375. The lowest BCUT2D eigenvalue weighted by Gasteiger charge is -2.33. The molecule has 2 aliphatic carbocycles. The van der Waals surface area contributed by atoms with Crippen molar-refractivity contribution in [2.75, 3.05) is 18.8 Å². The molecule has 204 valence electrons. The predicted octanol–water partition coefficient (Wildman–Crippen LogP) is 5.09. The van der Waals surface area contributed by atoms with Crippen LogP contribution in [-0.2, 0) is 11.2 Å². The van der Waals surface area contributed by atoms with E-state index in [4.69, 9.17) is 15.7 Å². The lowest BCUT2D eigenvalue weighted by atomic mass is 9.83. The van der Waals surface area contributed by atoms with Crippen LogP contribution in [0.3, 0.4) is 0 Å². The molecule has 7 rings (SSSR count). The maximum atomic E-state index is 12.0. The number of imidazole rings is 1. The van der Waals surface area contributed by atoms with Crippen molar-refractivity contribution in [2.24, 2.45) is 0 Å². The summed E-state index contributed by atoms with van der Waals surface area (Å²) in [4.78, 5) is 28.4. The van der Waals surface area contributed by atoms with Crippen molar-refractivity contribution >= 4 is 22.9 Å². The average molecular weight is 534 g/mol. The van der Waals surface area contributed by atoms with Gasteiger partial charge in [0.2, 0.25) is 5.91 Å². The number of fused-ring (bicyclic) bond motifs is 2. The van der Waals surface area contributed by atoms with Gasteiger partial charge in [0.15, 0.2) is 11.5 Å². The van der Waals surface area contributed by atoms with Gasteiger partial charge in [0.05, 0.1) is 5.56 Å². The minimum absolute atomic E-state index is 0.0333. The number of nitrogens with two attached hydrogens (primary N) is 1. The Balaban J connectivity index is 1.22. The van der Waals surface area contributed by atoms with Gasteiger partial charge in [-0.3, -0.25) is 9.36 Å². The van der Waals surface area contributed by atoms with Crippen molar-refractivity contribution in [3.63, 3.8) is 0 Å². The van der Waals surface area contributed by atoms with E-state index in [0.717, 1.165) is 72.7 Å². The maximum Gasteiger partial charge on any atom is 0.245 e. The number of nitrogens with zero attached hydrogens (tertiary/aromatic N) is 5. The van der Waals surface area contributed by atoms with Gasteiger partial charge in [-0.1, -0.05) is 19.1 Å². The van der Waals surface area contributed by atoms with Crippen molar-refractivity contribution in [1.82, 2.24) is 29.7 Å². The molecule has 0 spiro atoms. The van der Waals surface area contributed by atoms with Crippen LogP contribution < -0.4 is 11.1 Å². The van der Waals surface area contributed by atoms with E-state index in [-0.39, 0.29) is 5.91 Å². The van der Waals surface area contributed by atoms with E-state index >= 15 is 0 Å². The van der Waals surface area contributed by atoms with Crippen LogP contribution in [0.1, 0.15) is 67.3 Å². The molecule has 3 aromatic heterocycles. The molecule has 4 heterocycles. The molecule has 2 fully saturated rings. The van der Waals surface area contributed by atoms with E-state index in [0.29, 0.717) is 23.8 Å². The SMILES string of the molecule is C=CC(=O)N1CCC(N[C@H]2CCc3cc(-n4c(-c5cccnc5N)nc5ccc(C6CCC6)nc54)ccc32)CC1. The second kappa shape index (κ2) is 10.2. The number of amides is 1. The zero-order chi connectivity index (χ0) is 27.2. The standard InChI is InChI=1S/C32H35N7O/c1-2-29(40)38-17-14-22(15-18-38)35-27-11-8-21-19-23(9-10-24(21)27)39-31(25-7-4-16-34-30(25)33)37-28-13-12-26(36-32(28)39)20-5-3-6-20/h2,4,7,9-10,12-13,16,19-20,22,27,35H,1,3,5-6,8,11,14-15,17-18H2,(H2,33,34)/t27-/m0/s1. The molecule has 1 saturated carbocycles. The fourth-order valence-corrected chi connectivity index (χ4v) is 6.53. The number of benzene rings is 1. The number of aryl methyl sites for hydroxylation is 1. The van der Waals surface area contributed by atoms with E-state index in [2.05, 4.69) is 51.8 Å². The van der Waals surface area contributed by atoms with Gasteiger partial charge in [-0.25, -0.2) is 15.0 Å². The number of hydrogen-bond donors (Lipinski definition) is 2. The van der Waals surface area contributed by atoms with Gasteiger partial charge in [0.25, 0.3) is 0 Å². The summed E-state index contributed by atoms with van der Waals surface area (Å²) in [5, 5.41) is 3.89. The van der Waals surface area contributed by atoms with E-state index in [9.17, 15) is 4.79 Å². The minimum atomic E-state index is 0.0333. The third-order valence-electron chi connectivity index (χ3n) is 9.01. The highest BCUT2D eigenvalue weighted by Gasteiger charge is 2.29. The van der Waals surface area contributed by atoms with Crippen molar-refractivity contribution in [3.8, 4) is 17.1 Å². The molecule has 1 atom stereocenters. The number of pyridine rings is 2. The minimum Gasteiger partial charge on any atom is -0.383 e. The van der Waals surface area contributed by atoms with Gasteiger partial charge in [-0.05, 0) is 92.1 Å². The normalized spacial score (nSPS) is 19.5. The number of nitrogen functional groups attached to an aromatic ring is 1. The monoisotopic (exact) mass is 533 g/mol. The smallest absolute Gasteiger partial charge is 0.245 e. The third kappa shape index (κ3) is 4.36. The molecular weight excluding hydrogens is 498 g/mol. The molecule has 0 bridgehead atoms. The second-order valence-electron chi connectivity index (χ2n) is 11.4. The van der Waals surface area contributed by atoms with Crippen LogP contribution in [0.25, 0.3) is 28.2 Å². The molecule has 3 aliphatic rings. The summed E-state index contributed by atoms with van der Waals surface area (Å²) in [5.74, 6) is 1.80. The first-order chi connectivity index (χ1) is 19.6. The number of rotatable bonds is 6. The van der Waals surface area contributed by atoms with E-state index in [1.165, 1.54) is 36.5 Å². The lowest BCUT2D eigenvalue weighted by molar-refractivity contribution is -0.127. The first-order valence-electron chi connectivity index (χ1n) is 14.5. The van der Waals surface area contributed by atoms with Crippen LogP contribution in [-0.4, -0.2) is 49.5 Å². The first-order valence-corrected chi connectivity index (χ1v) is 14.5. The fourth-order valence-electron chi connectivity index (χ4n) is 6.53. The zero-order valence-electron chi connectivity index (χ0n) is 22.7. The highest BCUT2D eigenvalue weighted by atomic mass is 16.2.